The molecule has 0 amide bonds. The summed E-state index contributed by atoms with van der Waals surface area (Å²) in [4.78, 5) is 0. The summed E-state index contributed by atoms with van der Waals surface area (Å²) in [5.74, 6) is 0. The van der Waals surface area contributed by atoms with E-state index in [1.165, 1.54) is 11.1 Å². The molecular weight excluding hydrogens is 334 g/mol. The number of hydrogen-bond acceptors (Lipinski definition) is 4. The Morgan fingerprint density at radius 2 is 1.85 bits per heavy atom. The minimum atomic E-state index is 0.163. The quantitative estimate of drug-likeness (QED) is 0.388. The van der Waals surface area contributed by atoms with Crippen LogP contribution in [0.15, 0.2) is 36.5 Å². The van der Waals surface area contributed by atoms with Crippen LogP contribution in [0.3, 0.4) is 0 Å². The second-order valence-electron chi connectivity index (χ2n) is 8.15. The number of nitrogens with one attached hydrogen (secondary N) is 1. The lowest BCUT2D eigenvalue weighted by molar-refractivity contribution is -0.00848. The highest BCUT2D eigenvalue weighted by Gasteiger charge is 2.18. The molecule has 0 radical (unpaired) electrons. The van der Waals surface area contributed by atoms with E-state index in [2.05, 4.69) is 87.8 Å². The predicted octanol–water partition coefficient (Wildman–Crippen LogP) is 4.26. The van der Waals surface area contributed by atoms with Crippen molar-refractivity contribution in [2.75, 3.05) is 46.4 Å². The summed E-state index contributed by atoms with van der Waals surface area (Å²) >= 11 is 0. The third-order valence-electron chi connectivity index (χ3n) is 4.81. The third-order valence-corrected chi connectivity index (χ3v) is 4.81. The van der Waals surface area contributed by atoms with Gasteiger partial charge < -0.3 is 15.1 Å². The zero-order valence-electron chi connectivity index (χ0n) is 18.5. The minimum absolute atomic E-state index is 0.163. The standard InChI is InChI=1S/C23H41N3O/c1-8-24-18-23(5,6)19-27-17-16-25(7)26(9-2)21(4)12-15-22-13-10-20(3)11-14-22/h10-11,13-14,24H,4,8-9,12,15-19H2,1-3,5-7H3. The van der Waals surface area contributed by atoms with E-state index in [9.17, 15) is 0 Å². The van der Waals surface area contributed by atoms with Gasteiger partial charge in [0.25, 0.3) is 0 Å². The van der Waals surface area contributed by atoms with Gasteiger partial charge in [0.1, 0.15) is 0 Å². The Kier molecular flexibility index (Phi) is 10.7. The fraction of sp³-hybridized carbons (Fsp3) is 0.652. The molecule has 4 heteroatoms. The molecule has 4 nitrogen and oxygen atoms in total. The van der Waals surface area contributed by atoms with E-state index < -0.39 is 0 Å². The smallest absolute Gasteiger partial charge is 0.0612 e. The molecule has 27 heavy (non-hydrogen) atoms. The van der Waals surface area contributed by atoms with Crippen molar-refractivity contribution in [1.29, 1.82) is 0 Å². The number of hydrazine groups is 1. The molecule has 0 heterocycles. The van der Waals surface area contributed by atoms with Gasteiger partial charge in [0.2, 0.25) is 0 Å². The number of aryl methyl sites for hydroxylation is 2. The summed E-state index contributed by atoms with van der Waals surface area (Å²) < 4.78 is 5.94. The van der Waals surface area contributed by atoms with Gasteiger partial charge in [0.15, 0.2) is 0 Å². The Morgan fingerprint density at radius 1 is 1.19 bits per heavy atom. The van der Waals surface area contributed by atoms with Crippen molar-refractivity contribution >= 4 is 0 Å². The van der Waals surface area contributed by atoms with Crippen molar-refractivity contribution in [3.05, 3.63) is 47.7 Å². The van der Waals surface area contributed by atoms with Gasteiger partial charge >= 0.3 is 0 Å². The van der Waals surface area contributed by atoms with Gasteiger partial charge in [-0.1, -0.05) is 57.2 Å². The average molecular weight is 376 g/mol. The topological polar surface area (TPSA) is 27.7 Å². The molecule has 0 fully saturated rings. The minimum Gasteiger partial charge on any atom is -0.379 e. The molecule has 0 saturated heterocycles. The third kappa shape index (κ3) is 9.41. The Hall–Kier alpha value is -1.36. The van der Waals surface area contributed by atoms with Crippen LogP contribution in [-0.2, 0) is 11.2 Å². The Balaban J connectivity index is 2.36. The molecule has 0 spiro atoms. The predicted molar refractivity (Wildman–Crippen MR) is 117 cm³/mol. The Labute approximate surface area is 167 Å². The van der Waals surface area contributed by atoms with Gasteiger partial charge in [-0.3, -0.25) is 0 Å². The van der Waals surface area contributed by atoms with Crippen LogP contribution < -0.4 is 5.32 Å². The SMILES string of the molecule is C=C(CCc1ccc(C)cc1)N(CC)N(C)CCOCC(C)(C)CNCC. The number of ether oxygens (including phenoxy) is 1. The second-order valence-corrected chi connectivity index (χ2v) is 8.15. The molecule has 1 aromatic rings. The monoisotopic (exact) mass is 375 g/mol. The van der Waals surface area contributed by atoms with Crippen LogP contribution in [0.4, 0.5) is 0 Å². The molecule has 0 aliphatic carbocycles. The molecular formula is C23H41N3O. The number of benzene rings is 1. The van der Waals surface area contributed by atoms with Crippen LogP contribution in [0, 0.1) is 12.3 Å². The zero-order valence-corrected chi connectivity index (χ0v) is 18.5. The lowest BCUT2D eigenvalue weighted by atomic mass is 9.95. The van der Waals surface area contributed by atoms with Gasteiger partial charge in [0.05, 0.1) is 13.2 Å². The summed E-state index contributed by atoms with van der Waals surface area (Å²) in [6, 6.07) is 8.78. The maximum absolute atomic E-state index is 5.94. The number of allylic oxidation sites excluding steroid dienone is 1. The van der Waals surface area contributed by atoms with Crippen molar-refractivity contribution in [2.45, 2.75) is 47.5 Å². The van der Waals surface area contributed by atoms with Crippen molar-refractivity contribution in [1.82, 2.24) is 15.3 Å². The number of likely N-dealkylation sites (N-methyl/N-ethyl adjacent to an activating group) is 1. The first-order chi connectivity index (χ1) is 12.8. The van der Waals surface area contributed by atoms with Crippen molar-refractivity contribution in [3.63, 3.8) is 0 Å². The average Bonchev–Trinajstić information content (AvgIpc) is 2.64. The van der Waals surface area contributed by atoms with E-state index in [1.807, 2.05) is 0 Å². The molecule has 1 rings (SSSR count). The summed E-state index contributed by atoms with van der Waals surface area (Å²) in [6.07, 6.45) is 2.00. The highest BCUT2D eigenvalue weighted by atomic mass is 16.5. The maximum atomic E-state index is 5.94. The molecule has 0 aliphatic rings. The first-order valence-electron chi connectivity index (χ1n) is 10.3. The van der Waals surface area contributed by atoms with Gasteiger partial charge in [-0.15, -0.1) is 0 Å². The van der Waals surface area contributed by atoms with E-state index in [0.717, 1.165) is 57.9 Å². The lowest BCUT2D eigenvalue weighted by Crippen LogP contribution is -2.41. The largest absolute Gasteiger partial charge is 0.379 e. The maximum Gasteiger partial charge on any atom is 0.0612 e. The number of nitrogens with zero attached hydrogens (tertiary/aromatic N) is 2. The van der Waals surface area contributed by atoms with Crippen LogP contribution in [0.2, 0.25) is 0 Å². The Bertz CT molecular complexity index is 539. The number of hydrogen-bond donors (Lipinski definition) is 1. The summed E-state index contributed by atoms with van der Waals surface area (Å²) in [7, 11) is 2.12. The summed E-state index contributed by atoms with van der Waals surface area (Å²) in [5.41, 5.74) is 4.00. The fourth-order valence-corrected chi connectivity index (χ4v) is 3.06. The van der Waals surface area contributed by atoms with Crippen molar-refractivity contribution in [3.8, 4) is 0 Å². The van der Waals surface area contributed by atoms with Gasteiger partial charge in [-0.2, -0.15) is 0 Å². The molecule has 0 aliphatic heterocycles. The second kappa shape index (κ2) is 12.2. The molecule has 154 valence electrons. The van der Waals surface area contributed by atoms with E-state index in [0.29, 0.717) is 0 Å². The highest BCUT2D eigenvalue weighted by molar-refractivity contribution is 5.22. The van der Waals surface area contributed by atoms with Crippen LogP contribution in [0.25, 0.3) is 0 Å². The van der Waals surface area contributed by atoms with E-state index in [1.54, 1.807) is 0 Å². The Morgan fingerprint density at radius 3 is 2.44 bits per heavy atom. The van der Waals surface area contributed by atoms with Gasteiger partial charge in [-0.25, -0.2) is 5.01 Å². The van der Waals surface area contributed by atoms with Crippen LogP contribution >= 0.6 is 0 Å². The molecule has 0 unspecified atom stereocenters. The first kappa shape index (κ1) is 23.7. The summed E-state index contributed by atoms with van der Waals surface area (Å²) in [5, 5.41) is 7.90. The molecule has 0 bridgehead atoms. The van der Waals surface area contributed by atoms with Crippen molar-refractivity contribution in [2.24, 2.45) is 5.41 Å². The van der Waals surface area contributed by atoms with Crippen molar-refractivity contribution < 1.29 is 4.74 Å². The molecule has 0 aromatic heterocycles. The molecule has 0 atom stereocenters. The molecule has 1 aromatic carbocycles. The molecule has 0 saturated carbocycles. The van der Waals surface area contributed by atoms with E-state index in [-0.39, 0.29) is 5.41 Å². The van der Waals surface area contributed by atoms with Gasteiger partial charge in [-0.05, 0) is 38.8 Å². The van der Waals surface area contributed by atoms with Gasteiger partial charge in [0, 0.05) is 37.8 Å². The van der Waals surface area contributed by atoms with E-state index in [4.69, 9.17) is 4.74 Å². The van der Waals surface area contributed by atoms with Crippen LogP contribution in [-0.4, -0.2) is 56.5 Å². The normalized spacial score (nSPS) is 11.8. The highest BCUT2D eigenvalue weighted by Crippen LogP contribution is 2.15. The van der Waals surface area contributed by atoms with E-state index >= 15 is 0 Å². The summed E-state index contributed by atoms with van der Waals surface area (Å²) in [6.45, 7) is 20.5. The lowest BCUT2D eigenvalue weighted by Gasteiger charge is -2.35. The fourth-order valence-electron chi connectivity index (χ4n) is 3.06. The number of rotatable bonds is 14. The van der Waals surface area contributed by atoms with Crippen LogP contribution in [0.5, 0.6) is 0 Å². The first-order valence-corrected chi connectivity index (χ1v) is 10.3. The zero-order chi connectivity index (χ0) is 20.3. The molecule has 1 N–H and O–H groups in total. The van der Waals surface area contributed by atoms with Crippen LogP contribution in [0.1, 0.15) is 45.2 Å².